The molecule has 1 N–H and O–H groups in total. The lowest BCUT2D eigenvalue weighted by Crippen LogP contribution is -2.31. The van der Waals surface area contributed by atoms with Gasteiger partial charge in [-0.05, 0) is 24.6 Å². The first-order valence-electron chi connectivity index (χ1n) is 9.12. The zero-order chi connectivity index (χ0) is 20.8. The van der Waals surface area contributed by atoms with E-state index in [4.69, 9.17) is 14.2 Å². The van der Waals surface area contributed by atoms with E-state index >= 15 is 0 Å². The molecule has 0 saturated heterocycles. The predicted octanol–water partition coefficient (Wildman–Crippen LogP) is 2.17. The molecule has 8 nitrogen and oxygen atoms in total. The molecular formula is C21H23N3O5. The molecule has 0 radical (unpaired) electrons. The molecule has 0 aliphatic rings. The summed E-state index contributed by atoms with van der Waals surface area (Å²) in [6.45, 7) is 0.977. The maximum Gasteiger partial charge on any atom is 0.279 e. The number of ether oxygens (including phenoxy) is 3. The summed E-state index contributed by atoms with van der Waals surface area (Å²) in [5, 5.41) is 8.08. The summed E-state index contributed by atoms with van der Waals surface area (Å²) in [5.41, 5.74) is 0.230. The zero-order valence-corrected chi connectivity index (χ0v) is 16.6. The SMILES string of the molecule is COCCCNC(=O)c1nn(-c2ccc(OC)cc2OC)c(=O)c2ccccc12. The molecule has 29 heavy (non-hydrogen) atoms. The Kier molecular flexibility index (Phi) is 6.46. The summed E-state index contributed by atoms with van der Waals surface area (Å²) >= 11 is 0. The normalized spacial score (nSPS) is 10.7. The second kappa shape index (κ2) is 9.20. The van der Waals surface area contributed by atoms with Crippen molar-refractivity contribution in [2.45, 2.75) is 6.42 Å². The molecule has 3 rings (SSSR count). The van der Waals surface area contributed by atoms with Crippen LogP contribution in [0.5, 0.6) is 11.5 Å². The molecule has 0 unspecified atom stereocenters. The van der Waals surface area contributed by atoms with Crippen LogP contribution in [-0.2, 0) is 4.74 Å². The molecule has 8 heteroatoms. The Morgan fingerprint density at radius 2 is 1.83 bits per heavy atom. The molecule has 3 aromatic rings. The Bertz CT molecular complexity index is 1080. The number of nitrogens with zero attached hydrogens (tertiary/aromatic N) is 2. The molecule has 2 aromatic carbocycles. The molecule has 152 valence electrons. The van der Waals surface area contributed by atoms with Gasteiger partial charge in [0.1, 0.15) is 17.2 Å². The van der Waals surface area contributed by atoms with Crippen molar-refractivity contribution in [3.63, 3.8) is 0 Å². The number of carbonyl (C=O) groups is 1. The van der Waals surface area contributed by atoms with E-state index in [0.29, 0.717) is 47.5 Å². The number of fused-ring (bicyclic) bond motifs is 1. The summed E-state index contributed by atoms with van der Waals surface area (Å²) in [6, 6.07) is 11.9. The third-order valence-corrected chi connectivity index (χ3v) is 4.45. The number of rotatable bonds is 8. The maximum absolute atomic E-state index is 13.1. The molecule has 0 spiro atoms. The van der Waals surface area contributed by atoms with E-state index in [1.807, 2.05) is 0 Å². The van der Waals surface area contributed by atoms with E-state index in [9.17, 15) is 9.59 Å². The van der Waals surface area contributed by atoms with Crippen molar-refractivity contribution in [2.24, 2.45) is 0 Å². The Labute approximate surface area is 168 Å². The Morgan fingerprint density at radius 1 is 1.07 bits per heavy atom. The minimum absolute atomic E-state index is 0.162. The lowest BCUT2D eigenvalue weighted by atomic mass is 10.1. The first-order chi connectivity index (χ1) is 14.1. The van der Waals surface area contributed by atoms with Gasteiger partial charge in [0, 0.05) is 31.7 Å². The molecule has 1 heterocycles. The number of amides is 1. The average Bonchev–Trinajstić information content (AvgIpc) is 2.76. The minimum atomic E-state index is -0.362. The summed E-state index contributed by atoms with van der Waals surface area (Å²) < 4.78 is 16.8. The van der Waals surface area contributed by atoms with Crippen molar-refractivity contribution in [2.75, 3.05) is 34.5 Å². The van der Waals surface area contributed by atoms with Gasteiger partial charge < -0.3 is 19.5 Å². The highest BCUT2D eigenvalue weighted by Crippen LogP contribution is 2.27. The van der Waals surface area contributed by atoms with E-state index in [2.05, 4.69) is 10.4 Å². The number of methoxy groups -OCH3 is 3. The van der Waals surface area contributed by atoms with Crippen molar-refractivity contribution in [1.29, 1.82) is 0 Å². The van der Waals surface area contributed by atoms with E-state index in [1.165, 1.54) is 11.8 Å². The Morgan fingerprint density at radius 3 is 2.52 bits per heavy atom. The van der Waals surface area contributed by atoms with Crippen LogP contribution in [0.2, 0.25) is 0 Å². The van der Waals surface area contributed by atoms with Gasteiger partial charge >= 0.3 is 0 Å². The molecule has 1 amide bonds. The number of benzene rings is 2. The van der Waals surface area contributed by atoms with Gasteiger partial charge in [-0.3, -0.25) is 9.59 Å². The quantitative estimate of drug-likeness (QED) is 0.586. The van der Waals surface area contributed by atoms with Crippen molar-refractivity contribution in [3.8, 4) is 17.2 Å². The van der Waals surface area contributed by atoms with Crippen molar-refractivity contribution < 1.29 is 19.0 Å². The molecule has 0 fully saturated rings. The van der Waals surface area contributed by atoms with Gasteiger partial charge in [0.2, 0.25) is 0 Å². The number of hydrogen-bond acceptors (Lipinski definition) is 6. The van der Waals surface area contributed by atoms with Crippen LogP contribution in [0.25, 0.3) is 16.5 Å². The lowest BCUT2D eigenvalue weighted by Gasteiger charge is -2.14. The number of hydrogen-bond donors (Lipinski definition) is 1. The standard InChI is InChI=1S/C21H23N3O5/c1-27-12-6-11-22-20(25)19-15-7-4-5-8-16(15)21(26)24(23-19)17-10-9-14(28-2)13-18(17)29-3/h4-5,7-10,13H,6,11-12H2,1-3H3,(H,22,25). The zero-order valence-electron chi connectivity index (χ0n) is 16.6. The van der Waals surface area contributed by atoms with Crippen LogP contribution < -0.4 is 20.3 Å². The number of nitrogens with one attached hydrogen (secondary N) is 1. The van der Waals surface area contributed by atoms with Crippen molar-refractivity contribution >= 4 is 16.7 Å². The molecule has 1 aromatic heterocycles. The third kappa shape index (κ3) is 4.22. The van der Waals surface area contributed by atoms with Crippen molar-refractivity contribution in [1.82, 2.24) is 15.1 Å². The largest absolute Gasteiger partial charge is 0.497 e. The fraction of sp³-hybridized carbons (Fsp3) is 0.286. The second-order valence-electron chi connectivity index (χ2n) is 6.25. The van der Waals surface area contributed by atoms with Gasteiger partial charge in [0.25, 0.3) is 11.5 Å². The molecule has 0 bridgehead atoms. The average molecular weight is 397 g/mol. The van der Waals surface area contributed by atoms with Crippen LogP contribution in [0.1, 0.15) is 16.9 Å². The van der Waals surface area contributed by atoms with Crippen LogP contribution in [-0.4, -0.2) is 50.2 Å². The summed E-state index contributed by atoms with van der Waals surface area (Å²) in [7, 11) is 4.64. The van der Waals surface area contributed by atoms with E-state index in [1.54, 1.807) is 56.7 Å². The third-order valence-electron chi connectivity index (χ3n) is 4.45. The van der Waals surface area contributed by atoms with E-state index < -0.39 is 0 Å². The van der Waals surface area contributed by atoms with Crippen LogP contribution in [0.3, 0.4) is 0 Å². The first-order valence-corrected chi connectivity index (χ1v) is 9.12. The number of carbonyl (C=O) groups excluding carboxylic acids is 1. The summed E-state index contributed by atoms with van der Waals surface area (Å²) in [5.74, 6) is 0.620. The Hall–Kier alpha value is -3.39. The molecule has 0 atom stereocenters. The lowest BCUT2D eigenvalue weighted by molar-refractivity contribution is 0.0943. The van der Waals surface area contributed by atoms with Crippen LogP contribution in [0.15, 0.2) is 47.3 Å². The van der Waals surface area contributed by atoms with Gasteiger partial charge in [-0.1, -0.05) is 18.2 Å². The highest BCUT2D eigenvalue weighted by molar-refractivity contribution is 6.04. The Balaban J connectivity index is 2.13. The topological polar surface area (TPSA) is 91.7 Å². The van der Waals surface area contributed by atoms with Gasteiger partial charge in [-0.25, -0.2) is 0 Å². The maximum atomic E-state index is 13.1. The summed E-state index contributed by atoms with van der Waals surface area (Å²) in [4.78, 5) is 25.9. The smallest absolute Gasteiger partial charge is 0.279 e. The molecule has 0 aliphatic carbocycles. The van der Waals surface area contributed by atoms with Crippen LogP contribution in [0, 0.1) is 0 Å². The van der Waals surface area contributed by atoms with Crippen molar-refractivity contribution in [3.05, 3.63) is 58.5 Å². The highest BCUT2D eigenvalue weighted by Gasteiger charge is 2.19. The minimum Gasteiger partial charge on any atom is -0.497 e. The molecular weight excluding hydrogens is 374 g/mol. The van der Waals surface area contributed by atoms with Crippen LogP contribution >= 0.6 is 0 Å². The first kappa shape index (κ1) is 20.3. The fourth-order valence-electron chi connectivity index (χ4n) is 2.98. The van der Waals surface area contributed by atoms with E-state index in [0.717, 1.165) is 0 Å². The fourth-order valence-corrected chi connectivity index (χ4v) is 2.98. The monoisotopic (exact) mass is 397 g/mol. The highest BCUT2D eigenvalue weighted by atomic mass is 16.5. The van der Waals surface area contributed by atoms with Gasteiger partial charge in [0.15, 0.2) is 5.69 Å². The van der Waals surface area contributed by atoms with E-state index in [-0.39, 0.29) is 17.2 Å². The van der Waals surface area contributed by atoms with Gasteiger partial charge in [-0.15, -0.1) is 0 Å². The van der Waals surface area contributed by atoms with Gasteiger partial charge in [0.05, 0.1) is 19.6 Å². The molecule has 0 aliphatic heterocycles. The predicted molar refractivity (Wildman–Crippen MR) is 109 cm³/mol. The van der Waals surface area contributed by atoms with Gasteiger partial charge in [-0.2, -0.15) is 9.78 Å². The van der Waals surface area contributed by atoms with Crippen LogP contribution in [0.4, 0.5) is 0 Å². The number of aromatic nitrogens is 2. The summed E-state index contributed by atoms with van der Waals surface area (Å²) in [6.07, 6.45) is 0.673. The second-order valence-corrected chi connectivity index (χ2v) is 6.25. The molecule has 0 saturated carbocycles.